The largest absolute Gasteiger partial charge is 0.351 e. The summed E-state index contributed by atoms with van der Waals surface area (Å²) in [6, 6.07) is 0. The molecule has 0 aromatic carbocycles. The van der Waals surface area contributed by atoms with Crippen LogP contribution in [0.25, 0.3) is 0 Å². The van der Waals surface area contributed by atoms with Gasteiger partial charge in [0.05, 0.1) is 10.5 Å². The van der Waals surface area contributed by atoms with Crippen LogP contribution < -0.4 is 5.32 Å². The summed E-state index contributed by atoms with van der Waals surface area (Å²) in [6.07, 6.45) is 1.72. The zero-order valence-electron chi connectivity index (χ0n) is 8.52. The number of nitrogens with zero attached hydrogens (tertiary/aromatic N) is 1. The van der Waals surface area contributed by atoms with Gasteiger partial charge in [0, 0.05) is 17.8 Å². The number of H-pyrrole nitrogens is 1. The summed E-state index contributed by atoms with van der Waals surface area (Å²) in [6.45, 7) is 6.05. The van der Waals surface area contributed by atoms with Gasteiger partial charge in [-0.25, -0.2) is 0 Å². The standard InChI is InChI=1S/C9H14BrN3O/c1-6-7(5-12-13-6)4-11-8(14)9(2,3)10/h5H,4H2,1-3H3,(H,11,14)(H,12,13). The van der Waals surface area contributed by atoms with Crippen molar-refractivity contribution in [3.8, 4) is 0 Å². The van der Waals surface area contributed by atoms with Crippen molar-refractivity contribution < 1.29 is 4.79 Å². The molecule has 0 spiro atoms. The van der Waals surface area contributed by atoms with E-state index in [1.807, 2.05) is 20.8 Å². The Morgan fingerprint density at radius 1 is 1.71 bits per heavy atom. The number of aryl methyl sites for hydroxylation is 1. The Labute approximate surface area is 91.6 Å². The number of halogens is 1. The molecule has 1 heterocycles. The molecule has 5 heteroatoms. The number of nitrogens with one attached hydrogen (secondary N) is 2. The monoisotopic (exact) mass is 259 g/mol. The summed E-state index contributed by atoms with van der Waals surface area (Å²) in [4.78, 5) is 11.5. The van der Waals surface area contributed by atoms with Crippen LogP contribution in [0.5, 0.6) is 0 Å². The maximum Gasteiger partial charge on any atom is 0.236 e. The first-order chi connectivity index (χ1) is 6.41. The average molecular weight is 260 g/mol. The Bertz CT molecular complexity index is 327. The van der Waals surface area contributed by atoms with Crippen LogP contribution in [0.4, 0.5) is 0 Å². The Balaban J connectivity index is 2.50. The number of aromatic nitrogens is 2. The minimum atomic E-state index is -0.523. The summed E-state index contributed by atoms with van der Waals surface area (Å²) in [5.74, 6) is -0.0295. The second kappa shape index (κ2) is 4.13. The quantitative estimate of drug-likeness (QED) is 0.809. The zero-order chi connectivity index (χ0) is 10.8. The number of amides is 1. The number of carbonyl (C=O) groups is 1. The first-order valence-electron chi connectivity index (χ1n) is 4.37. The molecule has 0 aliphatic carbocycles. The Morgan fingerprint density at radius 2 is 2.36 bits per heavy atom. The molecule has 78 valence electrons. The van der Waals surface area contributed by atoms with Crippen molar-refractivity contribution in [3.63, 3.8) is 0 Å². The molecule has 0 fully saturated rings. The van der Waals surface area contributed by atoms with Crippen LogP contribution in [0.3, 0.4) is 0 Å². The normalized spacial score (nSPS) is 11.4. The minimum Gasteiger partial charge on any atom is -0.351 e. The van der Waals surface area contributed by atoms with Gasteiger partial charge in [-0.3, -0.25) is 9.89 Å². The third-order valence-electron chi connectivity index (χ3n) is 1.91. The van der Waals surface area contributed by atoms with Crippen molar-refractivity contribution >= 4 is 21.8 Å². The lowest BCUT2D eigenvalue weighted by molar-refractivity contribution is -0.122. The van der Waals surface area contributed by atoms with E-state index in [1.54, 1.807) is 6.20 Å². The van der Waals surface area contributed by atoms with E-state index in [-0.39, 0.29) is 5.91 Å². The molecule has 0 saturated carbocycles. The molecule has 0 bridgehead atoms. The predicted octanol–water partition coefficient (Wildman–Crippen LogP) is 1.51. The number of hydrogen-bond donors (Lipinski definition) is 2. The van der Waals surface area contributed by atoms with Gasteiger partial charge in [0.1, 0.15) is 0 Å². The molecule has 1 aromatic heterocycles. The highest BCUT2D eigenvalue weighted by Crippen LogP contribution is 2.15. The third-order valence-corrected chi connectivity index (χ3v) is 2.27. The SMILES string of the molecule is Cc1[nH]ncc1CNC(=O)C(C)(C)Br. The fourth-order valence-electron chi connectivity index (χ4n) is 0.940. The fourth-order valence-corrected chi connectivity index (χ4v) is 1.08. The molecule has 0 atom stereocenters. The minimum absolute atomic E-state index is 0.0295. The van der Waals surface area contributed by atoms with Gasteiger partial charge in [-0.1, -0.05) is 15.9 Å². The van der Waals surface area contributed by atoms with Gasteiger partial charge in [-0.15, -0.1) is 0 Å². The van der Waals surface area contributed by atoms with Gasteiger partial charge in [0.15, 0.2) is 0 Å². The molecule has 0 unspecified atom stereocenters. The van der Waals surface area contributed by atoms with Gasteiger partial charge < -0.3 is 5.32 Å². The highest BCUT2D eigenvalue weighted by atomic mass is 79.9. The lowest BCUT2D eigenvalue weighted by atomic mass is 10.2. The maximum atomic E-state index is 11.5. The molecular formula is C9H14BrN3O. The summed E-state index contributed by atoms with van der Waals surface area (Å²) < 4.78 is -0.523. The number of aromatic amines is 1. The summed E-state index contributed by atoms with van der Waals surface area (Å²) in [5, 5.41) is 9.51. The number of alkyl halides is 1. The number of carbonyl (C=O) groups excluding carboxylic acids is 1. The maximum absolute atomic E-state index is 11.5. The second-order valence-electron chi connectivity index (χ2n) is 3.68. The van der Waals surface area contributed by atoms with E-state index in [4.69, 9.17) is 0 Å². The fraction of sp³-hybridized carbons (Fsp3) is 0.556. The lowest BCUT2D eigenvalue weighted by Gasteiger charge is -2.15. The summed E-state index contributed by atoms with van der Waals surface area (Å²) >= 11 is 3.29. The Hall–Kier alpha value is -0.840. The van der Waals surface area contributed by atoms with E-state index < -0.39 is 4.32 Å². The molecule has 2 N–H and O–H groups in total. The van der Waals surface area contributed by atoms with Gasteiger partial charge in [0.25, 0.3) is 0 Å². The lowest BCUT2D eigenvalue weighted by Crippen LogP contribution is -2.37. The van der Waals surface area contributed by atoms with Crippen LogP contribution in [-0.4, -0.2) is 20.4 Å². The van der Waals surface area contributed by atoms with Crippen molar-refractivity contribution in [1.29, 1.82) is 0 Å². The van der Waals surface area contributed by atoms with Crippen LogP contribution in [0.2, 0.25) is 0 Å². The molecule has 0 aliphatic rings. The zero-order valence-corrected chi connectivity index (χ0v) is 10.1. The first kappa shape index (κ1) is 11.2. The van der Waals surface area contributed by atoms with Gasteiger partial charge in [-0.2, -0.15) is 5.10 Å². The molecule has 0 aliphatic heterocycles. The highest BCUT2D eigenvalue weighted by molar-refractivity contribution is 9.10. The average Bonchev–Trinajstić information content (AvgIpc) is 2.45. The topological polar surface area (TPSA) is 57.8 Å². The van der Waals surface area contributed by atoms with E-state index >= 15 is 0 Å². The van der Waals surface area contributed by atoms with Crippen molar-refractivity contribution in [1.82, 2.24) is 15.5 Å². The van der Waals surface area contributed by atoms with Gasteiger partial charge in [0.2, 0.25) is 5.91 Å². The van der Waals surface area contributed by atoms with Crippen LogP contribution in [-0.2, 0) is 11.3 Å². The summed E-state index contributed by atoms with van der Waals surface area (Å²) in [7, 11) is 0. The molecular weight excluding hydrogens is 246 g/mol. The van der Waals surface area contributed by atoms with E-state index in [1.165, 1.54) is 0 Å². The van der Waals surface area contributed by atoms with Crippen molar-refractivity contribution in [2.45, 2.75) is 31.6 Å². The Morgan fingerprint density at radius 3 is 2.79 bits per heavy atom. The second-order valence-corrected chi connectivity index (χ2v) is 5.66. The number of hydrogen-bond acceptors (Lipinski definition) is 2. The van der Waals surface area contributed by atoms with Crippen molar-refractivity contribution in [2.75, 3.05) is 0 Å². The molecule has 0 saturated heterocycles. The van der Waals surface area contributed by atoms with E-state index in [2.05, 4.69) is 31.4 Å². The molecule has 4 nitrogen and oxygen atoms in total. The first-order valence-corrected chi connectivity index (χ1v) is 5.16. The molecule has 1 rings (SSSR count). The molecule has 14 heavy (non-hydrogen) atoms. The van der Waals surface area contributed by atoms with E-state index in [9.17, 15) is 4.79 Å². The molecule has 0 radical (unpaired) electrons. The highest BCUT2D eigenvalue weighted by Gasteiger charge is 2.23. The third kappa shape index (κ3) is 2.83. The van der Waals surface area contributed by atoms with Crippen LogP contribution in [0, 0.1) is 6.92 Å². The number of rotatable bonds is 3. The van der Waals surface area contributed by atoms with Crippen molar-refractivity contribution in [2.24, 2.45) is 0 Å². The van der Waals surface area contributed by atoms with Crippen LogP contribution in [0.1, 0.15) is 25.1 Å². The predicted molar refractivity (Wildman–Crippen MR) is 58.2 cm³/mol. The smallest absolute Gasteiger partial charge is 0.236 e. The van der Waals surface area contributed by atoms with Gasteiger partial charge in [-0.05, 0) is 20.8 Å². The van der Waals surface area contributed by atoms with Crippen LogP contribution in [0.15, 0.2) is 6.20 Å². The van der Waals surface area contributed by atoms with E-state index in [0.29, 0.717) is 6.54 Å². The van der Waals surface area contributed by atoms with Gasteiger partial charge >= 0.3 is 0 Å². The van der Waals surface area contributed by atoms with E-state index in [0.717, 1.165) is 11.3 Å². The Kier molecular flexibility index (Phi) is 3.31. The summed E-state index contributed by atoms with van der Waals surface area (Å²) in [5.41, 5.74) is 1.99. The molecule has 1 aromatic rings. The van der Waals surface area contributed by atoms with Crippen LogP contribution >= 0.6 is 15.9 Å². The van der Waals surface area contributed by atoms with Crippen molar-refractivity contribution in [3.05, 3.63) is 17.5 Å². The molecule has 1 amide bonds.